The van der Waals surface area contributed by atoms with Crippen LogP contribution in [0.5, 0.6) is 0 Å². The number of para-hydroxylation sites is 5. The minimum Gasteiger partial charge on any atom is -0.333 e. The molecular weight excluding hydrogens is 849 g/mol. The molecule has 0 N–H and O–H groups in total. The first-order chi connectivity index (χ1) is 34.7. The molecule has 1 aliphatic carbocycles. The van der Waals surface area contributed by atoms with Gasteiger partial charge in [-0.2, -0.15) is 0 Å². The van der Waals surface area contributed by atoms with Crippen LogP contribution in [0.4, 0.5) is 45.5 Å². The van der Waals surface area contributed by atoms with Crippen LogP contribution in [0.3, 0.4) is 0 Å². The van der Waals surface area contributed by atoms with E-state index in [1.165, 1.54) is 61.0 Å². The van der Waals surface area contributed by atoms with Gasteiger partial charge in [-0.15, -0.1) is 0 Å². The predicted octanol–water partition coefficient (Wildman–Crippen LogP) is 17.8. The first kappa shape index (κ1) is 41.1. The highest BCUT2D eigenvalue weighted by Gasteiger charge is 2.37. The van der Waals surface area contributed by atoms with E-state index >= 15 is 0 Å². The Labute approximate surface area is 409 Å². The zero-order chi connectivity index (χ0) is 46.4. The van der Waals surface area contributed by atoms with Crippen LogP contribution < -0.4 is 14.7 Å². The minimum absolute atomic E-state index is 0.263. The highest BCUT2D eigenvalue weighted by Crippen LogP contribution is 2.49. The quantitative estimate of drug-likeness (QED) is 0.136. The zero-order valence-electron chi connectivity index (χ0n) is 38.5. The molecule has 4 heteroatoms. The fourth-order valence-electron chi connectivity index (χ4n) is 10.8. The van der Waals surface area contributed by atoms with Crippen LogP contribution in [0.2, 0.25) is 0 Å². The summed E-state index contributed by atoms with van der Waals surface area (Å²) < 4.78 is 2.37. The highest BCUT2D eigenvalue weighted by molar-refractivity contribution is 6.10. The molecule has 0 spiro atoms. The average molecular weight is 897 g/mol. The molecule has 0 saturated heterocycles. The minimum atomic E-state index is 0.263. The Morgan fingerprint density at radius 1 is 0.314 bits per heavy atom. The van der Waals surface area contributed by atoms with Crippen molar-refractivity contribution in [3.8, 4) is 27.9 Å². The zero-order valence-corrected chi connectivity index (χ0v) is 38.5. The summed E-state index contributed by atoms with van der Waals surface area (Å²) in [5.41, 5.74) is 18.8. The third-order valence-corrected chi connectivity index (χ3v) is 14.1. The number of nitrogens with zero attached hydrogens (tertiary/aromatic N) is 4. The molecule has 2 atom stereocenters. The van der Waals surface area contributed by atoms with Crippen molar-refractivity contribution >= 4 is 67.3 Å². The van der Waals surface area contributed by atoms with E-state index in [4.69, 9.17) is 0 Å². The van der Waals surface area contributed by atoms with Crippen LogP contribution in [0.15, 0.2) is 279 Å². The largest absolute Gasteiger partial charge is 0.333 e. The summed E-state index contributed by atoms with van der Waals surface area (Å²) in [6, 6.07) is 92.5. The lowest BCUT2D eigenvalue weighted by molar-refractivity contribution is 0.745. The van der Waals surface area contributed by atoms with Gasteiger partial charge >= 0.3 is 0 Å². The Morgan fingerprint density at radius 3 is 1.33 bits per heavy atom. The molecule has 11 aromatic rings. The second-order valence-electron chi connectivity index (χ2n) is 18.1. The molecule has 13 rings (SSSR count). The van der Waals surface area contributed by atoms with Crippen LogP contribution in [-0.4, -0.2) is 10.6 Å². The van der Waals surface area contributed by atoms with Crippen molar-refractivity contribution in [1.82, 2.24) is 4.57 Å². The van der Waals surface area contributed by atoms with Gasteiger partial charge in [0.1, 0.15) is 0 Å². The monoisotopic (exact) mass is 896 g/mol. The van der Waals surface area contributed by atoms with Gasteiger partial charge in [0.25, 0.3) is 0 Å². The van der Waals surface area contributed by atoms with Crippen molar-refractivity contribution in [2.24, 2.45) is 0 Å². The summed E-state index contributed by atoms with van der Waals surface area (Å²) in [7, 11) is 0. The van der Waals surface area contributed by atoms with Crippen molar-refractivity contribution < 1.29 is 0 Å². The molecule has 0 bridgehead atoms. The molecule has 1 aromatic heterocycles. The van der Waals surface area contributed by atoms with Crippen molar-refractivity contribution in [1.29, 1.82) is 0 Å². The van der Waals surface area contributed by atoms with Crippen LogP contribution >= 0.6 is 0 Å². The van der Waals surface area contributed by atoms with Gasteiger partial charge in [0.05, 0.1) is 17.1 Å². The molecule has 0 radical (unpaired) electrons. The van der Waals surface area contributed by atoms with E-state index in [2.05, 4.69) is 298 Å². The molecule has 70 heavy (non-hydrogen) atoms. The summed E-state index contributed by atoms with van der Waals surface area (Å²) in [5.74, 6) is 0.301. The van der Waals surface area contributed by atoms with E-state index in [-0.39, 0.29) is 6.04 Å². The van der Waals surface area contributed by atoms with E-state index in [1.54, 1.807) is 0 Å². The number of fused-ring (bicyclic) bond motifs is 6. The van der Waals surface area contributed by atoms with Crippen LogP contribution in [0.1, 0.15) is 11.5 Å². The fraction of sp³-hybridized carbons (Fsp3) is 0.0303. The molecule has 332 valence electrons. The van der Waals surface area contributed by atoms with E-state index in [0.29, 0.717) is 5.92 Å². The number of hydrogen-bond acceptors (Lipinski definition) is 3. The number of anilines is 8. The standard InChI is InChI=1S/C66H48N4/c1-5-17-51(18-6-1)67(55-35-29-47(30-36-55)49-33-43-65-61(45-49)59-25-13-15-27-63(59)69(65)53-21-9-3-10-22-53)57-39-41-58(42-40-57)68(52-19-7-2-8-20-52)56-37-31-48(32-38-56)50-34-44-66-62(46-50)60-26-14-16-28-64(60)70(66)54-23-11-4-12-24-54/h1-46,59,63H. The van der Waals surface area contributed by atoms with E-state index in [9.17, 15) is 0 Å². The van der Waals surface area contributed by atoms with Gasteiger partial charge in [0, 0.05) is 67.9 Å². The average Bonchev–Trinajstić information content (AvgIpc) is 3.95. The molecule has 0 fully saturated rings. The first-order valence-corrected chi connectivity index (χ1v) is 24.2. The van der Waals surface area contributed by atoms with E-state index in [0.717, 1.165) is 39.8 Å². The van der Waals surface area contributed by atoms with Crippen molar-refractivity contribution in [3.05, 3.63) is 285 Å². The summed E-state index contributed by atoms with van der Waals surface area (Å²) >= 11 is 0. The second kappa shape index (κ2) is 17.5. The lowest BCUT2D eigenvalue weighted by atomic mass is 9.89. The molecule has 0 amide bonds. The normalized spacial score (nSPS) is 14.7. The maximum atomic E-state index is 2.49. The Hall–Kier alpha value is -9.12. The van der Waals surface area contributed by atoms with E-state index in [1.807, 2.05) is 0 Å². The van der Waals surface area contributed by atoms with Crippen LogP contribution in [-0.2, 0) is 0 Å². The molecule has 10 aromatic carbocycles. The molecule has 2 unspecified atom stereocenters. The van der Waals surface area contributed by atoms with Gasteiger partial charge in [-0.3, -0.25) is 0 Å². The van der Waals surface area contributed by atoms with Crippen molar-refractivity contribution in [2.75, 3.05) is 14.7 Å². The SMILES string of the molecule is C1=CC2c3cc(-c4ccc(N(c5ccccc5)c5ccc(N(c6ccccc6)c6ccc(-c7ccc8c(c7)c7ccccc7n8-c7ccccc7)cc6)cc5)cc4)ccc3N(c3ccccc3)C2C=C1. The molecule has 4 nitrogen and oxygen atoms in total. The summed E-state index contributed by atoms with van der Waals surface area (Å²) in [5, 5.41) is 2.50. The number of aromatic nitrogens is 1. The number of rotatable bonds is 10. The molecular formula is C66H48N4. The smallest absolute Gasteiger partial charge is 0.0629 e. The van der Waals surface area contributed by atoms with Gasteiger partial charge in [-0.05, 0) is 155 Å². The van der Waals surface area contributed by atoms with Crippen molar-refractivity contribution in [2.45, 2.75) is 12.0 Å². The molecule has 1 aliphatic heterocycles. The number of allylic oxidation sites excluding steroid dienone is 2. The van der Waals surface area contributed by atoms with Crippen LogP contribution in [0, 0.1) is 0 Å². The predicted molar refractivity (Wildman–Crippen MR) is 294 cm³/mol. The molecule has 0 saturated carbocycles. The lowest BCUT2D eigenvalue weighted by Gasteiger charge is -2.28. The van der Waals surface area contributed by atoms with Crippen LogP contribution in [0.25, 0.3) is 49.7 Å². The van der Waals surface area contributed by atoms with Gasteiger partial charge in [0.2, 0.25) is 0 Å². The third kappa shape index (κ3) is 7.26. The summed E-state index contributed by atoms with van der Waals surface area (Å²) in [4.78, 5) is 7.16. The Morgan fingerprint density at radius 2 is 0.743 bits per heavy atom. The maximum Gasteiger partial charge on any atom is 0.0629 e. The Balaban J connectivity index is 0.810. The molecule has 2 aliphatic rings. The number of benzene rings is 10. The Kier molecular flexibility index (Phi) is 10.3. The van der Waals surface area contributed by atoms with Gasteiger partial charge in [-0.25, -0.2) is 0 Å². The van der Waals surface area contributed by atoms with E-state index < -0.39 is 0 Å². The Bertz CT molecular complexity index is 3690. The fourth-order valence-corrected chi connectivity index (χ4v) is 10.8. The summed E-state index contributed by atoms with van der Waals surface area (Å²) in [6.45, 7) is 0. The van der Waals surface area contributed by atoms with Gasteiger partial charge in [0.15, 0.2) is 0 Å². The van der Waals surface area contributed by atoms with Crippen molar-refractivity contribution in [3.63, 3.8) is 0 Å². The lowest BCUT2D eigenvalue weighted by Crippen LogP contribution is -2.28. The second-order valence-corrected chi connectivity index (χ2v) is 18.1. The first-order valence-electron chi connectivity index (χ1n) is 24.2. The topological polar surface area (TPSA) is 14.7 Å². The third-order valence-electron chi connectivity index (χ3n) is 14.1. The van der Waals surface area contributed by atoms with Gasteiger partial charge < -0.3 is 19.3 Å². The molecule has 2 heterocycles. The summed E-state index contributed by atoms with van der Waals surface area (Å²) in [6.07, 6.45) is 9.06. The highest BCUT2D eigenvalue weighted by atomic mass is 15.2. The maximum absolute atomic E-state index is 2.49. The number of hydrogen-bond donors (Lipinski definition) is 0. The van der Waals surface area contributed by atoms with Gasteiger partial charge in [-0.1, -0.05) is 152 Å².